The Hall–Kier alpha value is -5.32. The minimum Gasteiger partial charge on any atom is -0.394 e. The van der Waals surface area contributed by atoms with Crippen molar-refractivity contribution < 1.29 is 53.0 Å². The molecule has 5 aromatic carbocycles. The summed E-state index contributed by atoms with van der Waals surface area (Å²) in [4.78, 5) is 25.9. The Morgan fingerprint density at radius 1 is 0.594 bits per heavy atom. The van der Waals surface area contributed by atoms with Crippen molar-refractivity contribution in [2.45, 2.75) is 102 Å². The summed E-state index contributed by atoms with van der Waals surface area (Å²) < 4.78 is 46.2. The average Bonchev–Trinajstić information content (AvgIpc) is 3.31. The van der Waals surface area contributed by atoms with Gasteiger partial charge in [-0.1, -0.05) is 152 Å². The SMILES string of the molecule is CC(=O)N[C@H]1[C@H](O[C@@H]([C@H](OCc2ccccc2)[C@H](CO)NC(C)=O)[C@H](O)COCc2ccccc2)O[C@H](COCc2ccccc2)[C@@H](OCc2ccccc2)[C@@H]1OCc1ccccc1. The molecule has 4 N–H and O–H groups in total. The molecule has 1 aliphatic heterocycles. The molecule has 340 valence electrons. The highest BCUT2D eigenvalue weighted by Gasteiger charge is 2.51. The van der Waals surface area contributed by atoms with Gasteiger partial charge in [0, 0.05) is 13.8 Å². The zero-order chi connectivity index (χ0) is 44.9. The number of carbonyl (C=O) groups excluding carboxylic acids is 2. The molecule has 2 amide bonds. The maximum Gasteiger partial charge on any atom is 0.217 e. The Labute approximate surface area is 375 Å². The number of benzene rings is 5. The molecule has 13 heteroatoms. The second-order valence-electron chi connectivity index (χ2n) is 15.7. The first-order valence-electron chi connectivity index (χ1n) is 21.6. The highest BCUT2D eigenvalue weighted by Crippen LogP contribution is 2.32. The minimum atomic E-state index is -1.42. The van der Waals surface area contributed by atoms with E-state index >= 15 is 0 Å². The molecule has 6 rings (SSSR count). The molecule has 0 aromatic heterocycles. The van der Waals surface area contributed by atoms with Gasteiger partial charge in [0.2, 0.25) is 11.8 Å². The molecular formula is C51H60N2O11. The predicted octanol–water partition coefficient (Wildman–Crippen LogP) is 5.65. The summed E-state index contributed by atoms with van der Waals surface area (Å²) >= 11 is 0. The van der Waals surface area contributed by atoms with Crippen LogP contribution in [-0.4, -0.2) is 96.8 Å². The molecule has 1 aliphatic rings. The summed E-state index contributed by atoms with van der Waals surface area (Å²) in [5.74, 6) is -0.836. The highest BCUT2D eigenvalue weighted by molar-refractivity contribution is 5.73. The molecule has 64 heavy (non-hydrogen) atoms. The van der Waals surface area contributed by atoms with Gasteiger partial charge in [-0.25, -0.2) is 0 Å². The number of aliphatic hydroxyl groups excluding tert-OH is 2. The monoisotopic (exact) mass is 876 g/mol. The first-order chi connectivity index (χ1) is 31.3. The van der Waals surface area contributed by atoms with Gasteiger partial charge in [-0.2, -0.15) is 0 Å². The third-order valence-electron chi connectivity index (χ3n) is 10.6. The van der Waals surface area contributed by atoms with E-state index in [0.29, 0.717) is 0 Å². The van der Waals surface area contributed by atoms with Crippen molar-refractivity contribution in [3.63, 3.8) is 0 Å². The van der Waals surface area contributed by atoms with E-state index in [0.717, 1.165) is 27.8 Å². The number of rotatable bonds is 25. The number of hydrogen-bond donors (Lipinski definition) is 4. The molecule has 1 fully saturated rings. The molecule has 0 spiro atoms. The molecule has 0 unspecified atom stereocenters. The van der Waals surface area contributed by atoms with Crippen molar-refractivity contribution in [2.75, 3.05) is 19.8 Å². The second kappa shape index (κ2) is 25.8. The van der Waals surface area contributed by atoms with E-state index in [1.807, 2.05) is 152 Å². The molecule has 1 saturated heterocycles. The topological polar surface area (TPSA) is 163 Å². The number of ether oxygens (including phenoxy) is 7. The van der Waals surface area contributed by atoms with Crippen molar-refractivity contribution in [1.82, 2.24) is 10.6 Å². The lowest BCUT2D eigenvalue weighted by Crippen LogP contribution is -2.67. The zero-order valence-corrected chi connectivity index (χ0v) is 36.4. The van der Waals surface area contributed by atoms with Crippen LogP contribution in [0.1, 0.15) is 41.7 Å². The van der Waals surface area contributed by atoms with Crippen LogP contribution in [0.2, 0.25) is 0 Å². The number of aliphatic hydroxyl groups is 2. The number of hydrogen-bond acceptors (Lipinski definition) is 11. The van der Waals surface area contributed by atoms with Crippen LogP contribution in [0.3, 0.4) is 0 Å². The van der Waals surface area contributed by atoms with Crippen LogP contribution in [0.4, 0.5) is 0 Å². The van der Waals surface area contributed by atoms with Gasteiger partial charge in [0.25, 0.3) is 0 Å². The van der Waals surface area contributed by atoms with Gasteiger partial charge in [0.1, 0.15) is 42.7 Å². The third-order valence-corrected chi connectivity index (χ3v) is 10.6. The van der Waals surface area contributed by atoms with E-state index in [9.17, 15) is 19.8 Å². The normalized spacial score (nSPS) is 20.4. The van der Waals surface area contributed by atoms with Crippen LogP contribution in [0.15, 0.2) is 152 Å². The van der Waals surface area contributed by atoms with Crippen molar-refractivity contribution >= 4 is 11.8 Å². The van der Waals surface area contributed by atoms with E-state index in [4.69, 9.17) is 33.2 Å². The van der Waals surface area contributed by atoms with Gasteiger partial charge in [0.05, 0.1) is 58.9 Å². The van der Waals surface area contributed by atoms with Gasteiger partial charge in [-0.15, -0.1) is 0 Å². The second-order valence-corrected chi connectivity index (χ2v) is 15.7. The molecular weight excluding hydrogens is 817 g/mol. The van der Waals surface area contributed by atoms with Crippen molar-refractivity contribution in [2.24, 2.45) is 0 Å². The highest BCUT2D eigenvalue weighted by atomic mass is 16.7. The van der Waals surface area contributed by atoms with Crippen LogP contribution in [0, 0.1) is 0 Å². The standard InChI is InChI=1S/C51H60N2O11/c1-36(55)52-43(28-54)47(60-31-40-22-12-5-13-23-40)48(44(57)34-58-29-38-18-8-3-9-19-38)64-51-46(53-37(2)56)50(62-33-42-26-16-7-17-27-42)49(61-32-41-24-14-6-15-25-41)45(63-51)35-59-30-39-20-10-4-11-21-39/h3-27,43-51,54,57H,28-35H2,1-2H3,(H,52,55)(H,53,56)/t43-,44+,45+,46+,47+,48+,49+,50+,51-/m0/s1. The summed E-state index contributed by atoms with van der Waals surface area (Å²) in [6, 6.07) is 45.8. The van der Waals surface area contributed by atoms with E-state index in [1.165, 1.54) is 13.8 Å². The average molecular weight is 877 g/mol. The lowest BCUT2D eigenvalue weighted by Gasteiger charge is -2.48. The summed E-state index contributed by atoms with van der Waals surface area (Å²) in [5, 5.41) is 28.8. The summed E-state index contributed by atoms with van der Waals surface area (Å²) in [6.07, 6.45) is -7.85. The molecule has 0 saturated carbocycles. The Kier molecular flexibility index (Phi) is 19.4. The van der Waals surface area contributed by atoms with Gasteiger partial charge in [0.15, 0.2) is 6.29 Å². The Balaban J connectivity index is 1.39. The summed E-state index contributed by atoms with van der Waals surface area (Å²) in [6.45, 7) is 2.76. The Bertz CT molecular complexity index is 2070. The number of amides is 2. The van der Waals surface area contributed by atoms with Crippen LogP contribution in [0.5, 0.6) is 0 Å². The lowest BCUT2D eigenvalue weighted by molar-refractivity contribution is -0.316. The molecule has 9 atom stereocenters. The zero-order valence-electron chi connectivity index (χ0n) is 36.4. The molecule has 0 bridgehead atoms. The predicted molar refractivity (Wildman–Crippen MR) is 239 cm³/mol. The first-order valence-corrected chi connectivity index (χ1v) is 21.6. The number of carbonyl (C=O) groups is 2. The quantitative estimate of drug-likeness (QED) is 0.0574. The fourth-order valence-corrected chi connectivity index (χ4v) is 7.55. The van der Waals surface area contributed by atoms with Gasteiger partial charge in [-0.05, 0) is 27.8 Å². The summed E-state index contributed by atoms with van der Waals surface area (Å²) in [5.41, 5.74) is 4.43. The van der Waals surface area contributed by atoms with Crippen LogP contribution in [-0.2, 0) is 75.8 Å². The molecule has 0 radical (unpaired) electrons. The first kappa shape index (κ1) is 48.1. The van der Waals surface area contributed by atoms with Gasteiger partial charge in [-0.3, -0.25) is 9.59 Å². The minimum absolute atomic E-state index is 0.0265. The molecule has 0 aliphatic carbocycles. The van der Waals surface area contributed by atoms with Crippen molar-refractivity contribution in [3.8, 4) is 0 Å². The van der Waals surface area contributed by atoms with Crippen LogP contribution in [0.25, 0.3) is 0 Å². The molecule has 13 nitrogen and oxygen atoms in total. The van der Waals surface area contributed by atoms with Gasteiger partial charge >= 0.3 is 0 Å². The fourth-order valence-electron chi connectivity index (χ4n) is 7.55. The molecule has 1 heterocycles. The largest absolute Gasteiger partial charge is 0.394 e. The van der Waals surface area contributed by atoms with Crippen LogP contribution < -0.4 is 10.6 Å². The van der Waals surface area contributed by atoms with Crippen LogP contribution >= 0.6 is 0 Å². The van der Waals surface area contributed by atoms with E-state index < -0.39 is 73.4 Å². The smallest absolute Gasteiger partial charge is 0.217 e. The number of nitrogens with one attached hydrogen (secondary N) is 2. The van der Waals surface area contributed by atoms with Crippen molar-refractivity contribution in [3.05, 3.63) is 179 Å². The van der Waals surface area contributed by atoms with E-state index in [2.05, 4.69) is 10.6 Å². The van der Waals surface area contributed by atoms with Gasteiger partial charge < -0.3 is 54.0 Å². The Morgan fingerprint density at radius 3 is 1.52 bits per heavy atom. The maximum absolute atomic E-state index is 13.2. The lowest BCUT2D eigenvalue weighted by atomic mass is 9.95. The molecule has 5 aromatic rings. The fraction of sp³-hybridized carbons (Fsp3) is 0.373. The summed E-state index contributed by atoms with van der Waals surface area (Å²) in [7, 11) is 0. The third kappa shape index (κ3) is 15.2. The maximum atomic E-state index is 13.2. The van der Waals surface area contributed by atoms with Crippen molar-refractivity contribution in [1.29, 1.82) is 0 Å². The van der Waals surface area contributed by atoms with E-state index in [-0.39, 0.29) is 46.2 Å². The Morgan fingerprint density at radius 2 is 1.05 bits per heavy atom. The van der Waals surface area contributed by atoms with E-state index in [1.54, 1.807) is 0 Å².